The van der Waals surface area contributed by atoms with Crippen molar-refractivity contribution in [1.82, 2.24) is 0 Å². The average Bonchev–Trinajstić information content (AvgIpc) is 2.97. The van der Waals surface area contributed by atoms with Crippen LogP contribution >= 0.6 is 11.3 Å². The SMILES string of the molecule is N#Cc1c(-c2ccccc2)csc1OCc1ccccc1. The number of thiophene rings is 1. The number of ether oxygens (including phenoxy) is 1. The molecule has 0 aliphatic heterocycles. The van der Waals surface area contributed by atoms with Gasteiger partial charge >= 0.3 is 0 Å². The van der Waals surface area contributed by atoms with E-state index >= 15 is 0 Å². The van der Waals surface area contributed by atoms with Crippen LogP contribution in [0.3, 0.4) is 0 Å². The van der Waals surface area contributed by atoms with Crippen LogP contribution in [-0.2, 0) is 6.61 Å². The number of hydrogen-bond donors (Lipinski definition) is 0. The van der Waals surface area contributed by atoms with Gasteiger partial charge < -0.3 is 4.74 Å². The quantitative estimate of drug-likeness (QED) is 0.687. The molecular weight excluding hydrogens is 278 g/mol. The third-order valence-electron chi connectivity index (χ3n) is 3.17. The fourth-order valence-corrected chi connectivity index (χ4v) is 2.98. The zero-order valence-electron chi connectivity index (χ0n) is 11.3. The maximum Gasteiger partial charge on any atom is 0.192 e. The van der Waals surface area contributed by atoms with Crippen LogP contribution in [0.2, 0.25) is 0 Å². The highest BCUT2D eigenvalue weighted by Crippen LogP contribution is 2.36. The highest BCUT2D eigenvalue weighted by molar-refractivity contribution is 7.12. The molecule has 3 rings (SSSR count). The molecule has 0 amide bonds. The fourth-order valence-electron chi connectivity index (χ4n) is 2.11. The van der Waals surface area contributed by atoms with Gasteiger partial charge in [0, 0.05) is 10.9 Å². The van der Waals surface area contributed by atoms with E-state index in [1.807, 2.05) is 66.0 Å². The first-order chi connectivity index (χ1) is 10.4. The Morgan fingerprint density at radius 2 is 1.62 bits per heavy atom. The summed E-state index contributed by atoms with van der Waals surface area (Å²) in [5, 5.41) is 12.1. The van der Waals surface area contributed by atoms with Gasteiger partial charge in [-0.25, -0.2) is 0 Å². The molecule has 102 valence electrons. The van der Waals surface area contributed by atoms with E-state index in [0.717, 1.165) is 16.7 Å². The summed E-state index contributed by atoms with van der Waals surface area (Å²) in [6, 6.07) is 22.1. The molecule has 0 unspecified atom stereocenters. The van der Waals surface area contributed by atoms with E-state index < -0.39 is 0 Å². The van der Waals surface area contributed by atoms with Gasteiger partial charge in [-0.05, 0) is 11.1 Å². The lowest BCUT2D eigenvalue weighted by Gasteiger charge is -2.04. The zero-order chi connectivity index (χ0) is 14.5. The first-order valence-corrected chi connectivity index (χ1v) is 7.50. The third-order valence-corrected chi connectivity index (χ3v) is 4.06. The maximum absolute atomic E-state index is 9.42. The summed E-state index contributed by atoms with van der Waals surface area (Å²) in [7, 11) is 0. The van der Waals surface area contributed by atoms with Crippen molar-refractivity contribution in [1.29, 1.82) is 5.26 Å². The molecule has 0 saturated heterocycles. The summed E-state index contributed by atoms with van der Waals surface area (Å²) >= 11 is 1.47. The zero-order valence-corrected chi connectivity index (χ0v) is 12.1. The summed E-state index contributed by atoms with van der Waals surface area (Å²) in [6.07, 6.45) is 0. The molecule has 0 N–H and O–H groups in total. The van der Waals surface area contributed by atoms with Gasteiger partial charge in [0.2, 0.25) is 0 Å². The Labute approximate surface area is 127 Å². The molecule has 3 heteroatoms. The normalized spacial score (nSPS) is 10.0. The lowest BCUT2D eigenvalue weighted by molar-refractivity contribution is 0.315. The van der Waals surface area contributed by atoms with Crippen LogP contribution < -0.4 is 4.74 Å². The third kappa shape index (κ3) is 2.96. The molecule has 2 nitrogen and oxygen atoms in total. The Kier molecular flexibility index (Phi) is 3.99. The van der Waals surface area contributed by atoms with E-state index in [4.69, 9.17) is 4.74 Å². The molecule has 0 aliphatic carbocycles. The molecule has 0 fully saturated rings. The van der Waals surface area contributed by atoms with Gasteiger partial charge in [-0.1, -0.05) is 60.7 Å². The molecule has 1 heterocycles. The number of benzene rings is 2. The van der Waals surface area contributed by atoms with Gasteiger partial charge in [0.25, 0.3) is 0 Å². The van der Waals surface area contributed by atoms with Crippen molar-refractivity contribution < 1.29 is 4.74 Å². The molecule has 0 radical (unpaired) electrons. The number of nitrogens with zero attached hydrogens (tertiary/aromatic N) is 1. The highest BCUT2D eigenvalue weighted by atomic mass is 32.1. The molecule has 2 aromatic carbocycles. The minimum atomic E-state index is 0.476. The molecule has 0 saturated carbocycles. The molecule has 3 aromatic rings. The monoisotopic (exact) mass is 291 g/mol. The minimum Gasteiger partial charge on any atom is -0.478 e. The first kappa shape index (κ1) is 13.4. The standard InChI is InChI=1S/C18H13NOS/c19-11-16-17(15-9-5-2-6-10-15)13-21-18(16)20-12-14-7-3-1-4-8-14/h1-10,13H,12H2. The second-order valence-corrected chi connectivity index (χ2v) is 5.41. The molecular formula is C18H13NOS. The van der Waals surface area contributed by atoms with Crippen molar-refractivity contribution in [3.63, 3.8) is 0 Å². The Hall–Kier alpha value is -2.57. The van der Waals surface area contributed by atoms with Crippen molar-refractivity contribution in [2.45, 2.75) is 6.61 Å². The summed E-state index contributed by atoms with van der Waals surface area (Å²) in [4.78, 5) is 0. The van der Waals surface area contributed by atoms with Crippen molar-refractivity contribution in [2.24, 2.45) is 0 Å². The Balaban J connectivity index is 1.84. The van der Waals surface area contributed by atoms with E-state index in [9.17, 15) is 5.26 Å². The summed E-state index contributed by atoms with van der Waals surface area (Å²) < 4.78 is 5.81. The van der Waals surface area contributed by atoms with Gasteiger partial charge in [-0.2, -0.15) is 5.26 Å². The van der Waals surface area contributed by atoms with Gasteiger partial charge in [0.05, 0.1) is 0 Å². The second kappa shape index (κ2) is 6.25. The topological polar surface area (TPSA) is 33.0 Å². The smallest absolute Gasteiger partial charge is 0.192 e. The van der Waals surface area contributed by atoms with Crippen LogP contribution in [0, 0.1) is 11.3 Å². The highest BCUT2D eigenvalue weighted by Gasteiger charge is 2.14. The Bertz CT molecular complexity index is 757. The van der Waals surface area contributed by atoms with Crippen LogP contribution in [0.1, 0.15) is 11.1 Å². The van der Waals surface area contributed by atoms with E-state index in [0.29, 0.717) is 17.2 Å². The van der Waals surface area contributed by atoms with Crippen LogP contribution in [0.4, 0.5) is 0 Å². The van der Waals surface area contributed by atoms with Gasteiger partial charge in [-0.15, -0.1) is 11.3 Å². The van der Waals surface area contributed by atoms with Crippen LogP contribution in [0.25, 0.3) is 11.1 Å². The van der Waals surface area contributed by atoms with Gasteiger partial charge in [-0.3, -0.25) is 0 Å². The van der Waals surface area contributed by atoms with E-state index in [1.54, 1.807) is 0 Å². The first-order valence-electron chi connectivity index (χ1n) is 6.62. The largest absolute Gasteiger partial charge is 0.478 e. The Morgan fingerprint density at radius 1 is 0.952 bits per heavy atom. The van der Waals surface area contributed by atoms with Gasteiger partial charge in [0.1, 0.15) is 18.2 Å². The predicted molar refractivity (Wildman–Crippen MR) is 85.2 cm³/mol. The number of rotatable bonds is 4. The number of nitriles is 1. The number of hydrogen-bond acceptors (Lipinski definition) is 3. The van der Waals surface area contributed by atoms with Crippen molar-refractivity contribution in [3.05, 3.63) is 77.2 Å². The van der Waals surface area contributed by atoms with Crippen LogP contribution in [0.15, 0.2) is 66.0 Å². The molecule has 0 atom stereocenters. The van der Waals surface area contributed by atoms with Crippen molar-refractivity contribution >= 4 is 11.3 Å². The summed E-state index contributed by atoms with van der Waals surface area (Å²) in [5.41, 5.74) is 3.68. The molecule has 0 aliphatic rings. The van der Waals surface area contributed by atoms with Gasteiger partial charge in [0.15, 0.2) is 5.06 Å². The fraction of sp³-hybridized carbons (Fsp3) is 0.0556. The predicted octanol–water partition coefficient (Wildman–Crippen LogP) is 4.87. The van der Waals surface area contributed by atoms with Crippen molar-refractivity contribution in [3.8, 4) is 22.3 Å². The molecule has 0 spiro atoms. The van der Waals surface area contributed by atoms with Crippen molar-refractivity contribution in [2.75, 3.05) is 0 Å². The molecule has 0 bridgehead atoms. The lowest BCUT2D eigenvalue weighted by atomic mass is 10.1. The van der Waals surface area contributed by atoms with Crippen LogP contribution in [-0.4, -0.2) is 0 Å². The second-order valence-electron chi connectivity index (χ2n) is 4.56. The van der Waals surface area contributed by atoms with E-state index in [1.165, 1.54) is 11.3 Å². The summed E-state index contributed by atoms with van der Waals surface area (Å²) in [5.74, 6) is 0. The molecule has 1 aromatic heterocycles. The average molecular weight is 291 g/mol. The minimum absolute atomic E-state index is 0.476. The lowest BCUT2D eigenvalue weighted by Crippen LogP contribution is -1.94. The van der Waals surface area contributed by atoms with Crippen LogP contribution in [0.5, 0.6) is 5.06 Å². The molecule has 21 heavy (non-hydrogen) atoms. The Morgan fingerprint density at radius 3 is 2.29 bits per heavy atom. The maximum atomic E-state index is 9.42. The summed E-state index contributed by atoms with van der Waals surface area (Å²) in [6.45, 7) is 0.476. The van der Waals surface area contributed by atoms with E-state index in [-0.39, 0.29) is 0 Å². The van der Waals surface area contributed by atoms with E-state index in [2.05, 4.69) is 6.07 Å².